The van der Waals surface area contributed by atoms with Crippen molar-refractivity contribution >= 4 is 23.5 Å². The van der Waals surface area contributed by atoms with Crippen LogP contribution in [0.15, 0.2) is 11.4 Å². The normalized spacial score (nSPS) is 15.1. The number of rotatable bonds is 4. The average Bonchev–Trinajstić information content (AvgIpc) is 2.90. The summed E-state index contributed by atoms with van der Waals surface area (Å²) in [4.78, 5) is 22.0. The van der Waals surface area contributed by atoms with Crippen molar-refractivity contribution < 1.29 is 4.79 Å². The van der Waals surface area contributed by atoms with Gasteiger partial charge < -0.3 is 10.6 Å². The van der Waals surface area contributed by atoms with E-state index < -0.39 is 0 Å². The number of thioether (sulfide) groups is 1. The van der Waals surface area contributed by atoms with Gasteiger partial charge in [0.05, 0.1) is 5.75 Å². The van der Waals surface area contributed by atoms with Crippen LogP contribution in [0.3, 0.4) is 0 Å². The first kappa shape index (κ1) is 13.1. The van der Waals surface area contributed by atoms with E-state index in [1.165, 1.54) is 18.1 Å². The number of anilines is 1. The third-order valence-electron chi connectivity index (χ3n) is 3.08. The zero-order valence-electron chi connectivity index (χ0n) is 10.6. The van der Waals surface area contributed by atoms with E-state index in [4.69, 9.17) is 5.73 Å². The van der Waals surface area contributed by atoms with Gasteiger partial charge in [-0.25, -0.2) is 9.97 Å². The number of carbonyl (C=O) groups excluding carboxylic acids is 1. The molecule has 2 N–H and O–H groups in total. The van der Waals surface area contributed by atoms with Crippen LogP contribution in [0, 0.1) is 0 Å². The van der Waals surface area contributed by atoms with Crippen LogP contribution in [0.1, 0.15) is 25.3 Å². The largest absolute Gasteiger partial charge is 0.383 e. The van der Waals surface area contributed by atoms with Gasteiger partial charge in [-0.2, -0.15) is 0 Å². The molecule has 0 radical (unpaired) electrons. The zero-order chi connectivity index (χ0) is 13.0. The highest BCUT2D eigenvalue weighted by Crippen LogP contribution is 2.24. The smallest absolute Gasteiger partial charge is 0.232 e. The Bertz CT molecular complexity index is 432. The number of nitrogens with zero attached hydrogens (tertiary/aromatic N) is 3. The summed E-state index contributed by atoms with van der Waals surface area (Å²) < 4.78 is 0. The number of hydrogen-bond donors (Lipinski definition) is 1. The average molecular weight is 266 g/mol. The number of carbonyl (C=O) groups is 1. The summed E-state index contributed by atoms with van der Waals surface area (Å²) in [6.45, 7) is 3.80. The van der Waals surface area contributed by atoms with Crippen LogP contribution in [-0.2, 0) is 11.2 Å². The predicted molar refractivity (Wildman–Crippen MR) is 72.4 cm³/mol. The van der Waals surface area contributed by atoms with Crippen molar-refractivity contribution in [1.29, 1.82) is 0 Å². The number of aromatic nitrogens is 2. The van der Waals surface area contributed by atoms with E-state index in [0.29, 0.717) is 11.6 Å². The molecular weight excluding hydrogens is 248 g/mol. The maximum Gasteiger partial charge on any atom is 0.232 e. The lowest BCUT2D eigenvalue weighted by Gasteiger charge is -2.15. The molecule has 0 aromatic carbocycles. The standard InChI is InChI=1S/C12H18N4OS/c1-2-9-11(13)14-8-15-12(9)18-7-10(17)16-5-3-4-6-16/h8H,2-7H2,1H3,(H2,13,14,15). The number of nitrogens with two attached hydrogens (primary N) is 1. The molecule has 1 aliphatic heterocycles. The van der Waals surface area contributed by atoms with Crippen LogP contribution in [-0.4, -0.2) is 39.6 Å². The predicted octanol–water partition coefficient (Wildman–Crippen LogP) is 1.34. The van der Waals surface area contributed by atoms with Gasteiger partial charge in [-0.15, -0.1) is 0 Å². The van der Waals surface area contributed by atoms with Gasteiger partial charge in [0, 0.05) is 18.7 Å². The maximum absolute atomic E-state index is 11.9. The van der Waals surface area contributed by atoms with Gasteiger partial charge in [0.15, 0.2) is 0 Å². The molecule has 1 saturated heterocycles. The van der Waals surface area contributed by atoms with E-state index in [1.807, 2.05) is 11.8 Å². The SMILES string of the molecule is CCc1c(N)ncnc1SCC(=O)N1CCCC1. The molecule has 1 amide bonds. The van der Waals surface area contributed by atoms with Crippen molar-refractivity contribution in [2.24, 2.45) is 0 Å². The highest BCUT2D eigenvalue weighted by molar-refractivity contribution is 7.99. The summed E-state index contributed by atoms with van der Waals surface area (Å²) in [5.41, 5.74) is 6.74. The minimum absolute atomic E-state index is 0.191. The fourth-order valence-corrected chi connectivity index (χ4v) is 3.04. The lowest BCUT2D eigenvalue weighted by atomic mass is 10.2. The quantitative estimate of drug-likeness (QED) is 0.657. The lowest BCUT2D eigenvalue weighted by molar-refractivity contribution is -0.127. The Kier molecular flexibility index (Phi) is 4.41. The Labute approximate surface area is 111 Å². The lowest BCUT2D eigenvalue weighted by Crippen LogP contribution is -2.29. The molecule has 2 rings (SSSR count). The molecule has 0 saturated carbocycles. The van der Waals surface area contributed by atoms with Crippen LogP contribution in [0.5, 0.6) is 0 Å². The van der Waals surface area contributed by atoms with Crippen LogP contribution >= 0.6 is 11.8 Å². The molecule has 2 heterocycles. The molecule has 5 nitrogen and oxygen atoms in total. The molecule has 18 heavy (non-hydrogen) atoms. The molecule has 98 valence electrons. The molecule has 1 aromatic heterocycles. The summed E-state index contributed by atoms with van der Waals surface area (Å²) in [5, 5.41) is 0.831. The van der Waals surface area contributed by atoms with Crippen molar-refractivity contribution in [3.05, 3.63) is 11.9 Å². The third-order valence-corrected chi connectivity index (χ3v) is 4.10. The molecular formula is C12H18N4OS. The number of amides is 1. The van der Waals surface area contributed by atoms with Gasteiger partial charge in [-0.1, -0.05) is 18.7 Å². The fourth-order valence-electron chi connectivity index (χ4n) is 2.05. The summed E-state index contributed by atoms with van der Waals surface area (Å²) in [6, 6.07) is 0. The van der Waals surface area contributed by atoms with Gasteiger partial charge in [0.2, 0.25) is 5.91 Å². The molecule has 0 atom stereocenters. The first-order valence-electron chi connectivity index (χ1n) is 6.22. The van der Waals surface area contributed by atoms with Gasteiger partial charge in [0.25, 0.3) is 0 Å². The Morgan fingerprint density at radius 1 is 1.44 bits per heavy atom. The Hall–Kier alpha value is -1.30. The van der Waals surface area contributed by atoms with Crippen LogP contribution < -0.4 is 5.73 Å². The summed E-state index contributed by atoms with van der Waals surface area (Å²) in [5.74, 6) is 1.14. The molecule has 1 fully saturated rings. The maximum atomic E-state index is 11.9. The second-order valence-electron chi connectivity index (χ2n) is 4.27. The fraction of sp³-hybridized carbons (Fsp3) is 0.583. The first-order valence-corrected chi connectivity index (χ1v) is 7.21. The highest BCUT2D eigenvalue weighted by atomic mass is 32.2. The van der Waals surface area contributed by atoms with E-state index in [-0.39, 0.29) is 5.91 Å². The Morgan fingerprint density at radius 2 is 2.17 bits per heavy atom. The van der Waals surface area contributed by atoms with E-state index >= 15 is 0 Å². The van der Waals surface area contributed by atoms with E-state index in [9.17, 15) is 4.79 Å². The Balaban J connectivity index is 1.97. The third kappa shape index (κ3) is 2.93. The van der Waals surface area contributed by atoms with E-state index in [1.54, 1.807) is 0 Å². The zero-order valence-corrected chi connectivity index (χ0v) is 11.4. The minimum atomic E-state index is 0.191. The monoisotopic (exact) mass is 266 g/mol. The van der Waals surface area contributed by atoms with Crippen LogP contribution in [0.2, 0.25) is 0 Å². The van der Waals surface area contributed by atoms with Crippen LogP contribution in [0.25, 0.3) is 0 Å². The molecule has 0 spiro atoms. The topological polar surface area (TPSA) is 72.1 Å². The Morgan fingerprint density at radius 3 is 2.83 bits per heavy atom. The van der Waals surface area contributed by atoms with Crippen LogP contribution in [0.4, 0.5) is 5.82 Å². The molecule has 0 aliphatic carbocycles. The molecule has 0 unspecified atom stereocenters. The summed E-state index contributed by atoms with van der Waals surface area (Å²) >= 11 is 1.46. The summed E-state index contributed by atoms with van der Waals surface area (Å²) in [7, 11) is 0. The van der Waals surface area contributed by atoms with E-state index in [2.05, 4.69) is 9.97 Å². The molecule has 1 aromatic rings. The summed E-state index contributed by atoms with van der Waals surface area (Å²) in [6.07, 6.45) is 4.48. The van der Waals surface area contributed by atoms with Crippen molar-refractivity contribution in [3.8, 4) is 0 Å². The molecule has 1 aliphatic rings. The first-order chi connectivity index (χ1) is 8.72. The van der Waals surface area contributed by atoms with E-state index in [0.717, 1.165) is 42.9 Å². The molecule has 6 heteroatoms. The van der Waals surface area contributed by atoms with Gasteiger partial charge in [0.1, 0.15) is 17.2 Å². The molecule has 0 bridgehead atoms. The number of hydrogen-bond acceptors (Lipinski definition) is 5. The van der Waals surface area contributed by atoms with Gasteiger partial charge >= 0.3 is 0 Å². The number of nitrogen functional groups attached to an aromatic ring is 1. The second-order valence-corrected chi connectivity index (χ2v) is 5.24. The number of likely N-dealkylation sites (tertiary alicyclic amines) is 1. The highest BCUT2D eigenvalue weighted by Gasteiger charge is 2.18. The second kappa shape index (κ2) is 6.04. The van der Waals surface area contributed by atoms with Crippen molar-refractivity contribution in [2.75, 3.05) is 24.6 Å². The van der Waals surface area contributed by atoms with Crippen molar-refractivity contribution in [1.82, 2.24) is 14.9 Å². The van der Waals surface area contributed by atoms with Gasteiger partial charge in [-0.05, 0) is 19.3 Å². The van der Waals surface area contributed by atoms with Crippen molar-refractivity contribution in [2.45, 2.75) is 31.2 Å². The van der Waals surface area contributed by atoms with Gasteiger partial charge in [-0.3, -0.25) is 4.79 Å². The minimum Gasteiger partial charge on any atom is -0.383 e. The van der Waals surface area contributed by atoms with Crippen molar-refractivity contribution in [3.63, 3.8) is 0 Å².